The Hall–Kier alpha value is -3.87. The molecule has 1 heterocycles. The predicted octanol–water partition coefficient (Wildman–Crippen LogP) is 3.59. The van der Waals surface area contributed by atoms with Crippen molar-refractivity contribution in [2.24, 2.45) is 0 Å². The summed E-state index contributed by atoms with van der Waals surface area (Å²) in [6.45, 7) is 4.03. The number of carbonyl (C=O) groups excluding carboxylic acids is 2. The van der Waals surface area contributed by atoms with E-state index in [0.717, 1.165) is 27.6 Å². The molecule has 0 fully saturated rings. The molecule has 7 nitrogen and oxygen atoms in total. The Labute approximate surface area is 186 Å². The van der Waals surface area contributed by atoms with Gasteiger partial charge in [0.2, 0.25) is 0 Å². The highest BCUT2D eigenvalue weighted by Gasteiger charge is 2.16. The highest BCUT2D eigenvalue weighted by atomic mass is 16.5. The van der Waals surface area contributed by atoms with E-state index in [9.17, 15) is 9.59 Å². The topological polar surface area (TPSA) is 96.1 Å². The summed E-state index contributed by atoms with van der Waals surface area (Å²) in [6, 6.07) is 19.1. The molecule has 1 aromatic heterocycles. The Balaban J connectivity index is 1.47. The number of aromatic amines is 1. The molecule has 32 heavy (non-hydrogen) atoms. The minimum absolute atomic E-state index is 0.0173. The van der Waals surface area contributed by atoms with Crippen molar-refractivity contribution in [3.63, 3.8) is 0 Å². The van der Waals surface area contributed by atoms with Gasteiger partial charge in [0.25, 0.3) is 11.8 Å². The first-order chi connectivity index (χ1) is 15.5. The summed E-state index contributed by atoms with van der Waals surface area (Å²) in [5.74, 6) is 0.700. The number of hydrogen-bond acceptors (Lipinski definition) is 4. The lowest BCUT2D eigenvalue weighted by Gasteiger charge is -2.14. The first-order valence-electron chi connectivity index (χ1n) is 10.7. The van der Waals surface area contributed by atoms with Crippen molar-refractivity contribution in [1.29, 1.82) is 0 Å². The van der Waals surface area contributed by atoms with Crippen molar-refractivity contribution in [3.05, 3.63) is 72.1 Å². The van der Waals surface area contributed by atoms with Crippen molar-refractivity contribution in [3.8, 4) is 5.75 Å². The summed E-state index contributed by atoms with van der Waals surface area (Å²) < 4.78 is 5.74. The number of aromatic nitrogens is 2. The van der Waals surface area contributed by atoms with Gasteiger partial charge in [-0.25, -0.2) is 4.98 Å². The van der Waals surface area contributed by atoms with E-state index in [1.807, 2.05) is 62.4 Å². The van der Waals surface area contributed by atoms with Crippen LogP contribution in [0.2, 0.25) is 0 Å². The molecule has 0 spiro atoms. The third-order valence-corrected chi connectivity index (χ3v) is 4.99. The van der Waals surface area contributed by atoms with Gasteiger partial charge in [-0.1, -0.05) is 36.4 Å². The van der Waals surface area contributed by atoms with Crippen LogP contribution in [0.4, 0.5) is 0 Å². The van der Waals surface area contributed by atoms with Crippen molar-refractivity contribution in [1.82, 2.24) is 20.6 Å². The number of benzene rings is 3. The van der Waals surface area contributed by atoms with E-state index in [1.54, 1.807) is 12.1 Å². The Morgan fingerprint density at radius 2 is 1.75 bits per heavy atom. The van der Waals surface area contributed by atoms with Crippen LogP contribution in [-0.2, 0) is 11.2 Å². The summed E-state index contributed by atoms with van der Waals surface area (Å²) in [4.78, 5) is 32.8. The van der Waals surface area contributed by atoms with Crippen LogP contribution < -0.4 is 15.4 Å². The summed E-state index contributed by atoms with van der Waals surface area (Å²) in [5.41, 5.74) is 2.27. The molecule has 2 amide bonds. The second kappa shape index (κ2) is 9.51. The van der Waals surface area contributed by atoms with Crippen LogP contribution in [0.15, 0.2) is 60.7 Å². The monoisotopic (exact) mass is 430 g/mol. The number of para-hydroxylation sites is 2. The molecule has 4 rings (SSSR count). The zero-order valence-corrected chi connectivity index (χ0v) is 18.1. The van der Waals surface area contributed by atoms with Crippen LogP contribution in [0.5, 0.6) is 5.75 Å². The highest BCUT2D eigenvalue weighted by molar-refractivity contribution is 6.01. The lowest BCUT2D eigenvalue weighted by atomic mass is 10.1. The molecular formula is C25H26N4O3. The van der Waals surface area contributed by atoms with E-state index >= 15 is 0 Å². The van der Waals surface area contributed by atoms with Gasteiger partial charge in [-0.05, 0) is 48.9 Å². The molecule has 164 valence electrons. The average Bonchev–Trinajstić information content (AvgIpc) is 3.19. The molecule has 0 aliphatic rings. The molecular weight excluding hydrogens is 404 g/mol. The van der Waals surface area contributed by atoms with Crippen molar-refractivity contribution in [2.45, 2.75) is 26.3 Å². The Morgan fingerprint density at radius 1 is 1.03 bits per heavy atom. The standard InChI is InChI=1S/C25H26N4O3/c1-16(2)27-24(30)15-32-22-14-18-8-4-3-7-17(18)13-19(22)25(31)26-12-11-23-28-20-9-5-6-10-21(20)29-23/h3-10,13-14,16H,11-12,15H2,1-2H3,(H,26,31)(H,27,30)(H,28,29). The lowest BCUT2D eigenvalue weighted by molar-refractivity contribution is -0.123. The molecule has 4 aromatic rings. The van der Waals surface area contributed by atoms with E-state index in [0.29, 0.717) is 24.3 Å². The second-order valence-electron chi connectivity index (χ2n) is 7.91. The number of hydrogen-bond donors (Lipinski definition) is 3. The Kier molecular flexibility index (Phi) is 6.35. The van der Waals surface area contributed by atoms with Gasteiger partial charge in [0.15, 0.2) is 6.61 Å². The van der Waals surface area contributed by atoms with E-state index in [-0.39, 0.29) is 24.5 Å². The van der Waals surface area contributed by atoms with E-state index in [4.69, 9.17) is 4.74 Å². The van der Waals surface area contributed by atoms with Gasteiger partial charge >= 0.3 is 0 Å². The Bertz CT molecular complexity index is 1230. The molecule has 3 N–H and O–H groups in total. The van der Waals surface area contributed by atoms with Crippen LogP contribution in [0, 0.1) is 0 Å². The summed E-state index contributed by atoms with van der Waals surface area (Å²) >= 11 is 0. The number of nitrogens with zero attached hydrogens (tertiary/aromatic N) is 1. The highest BCUT2D eigenvalue weighted by Crippen LogP contribution is 2.26. The number of fused-ring (bicyclic) bond motifs is 2. The first-order valence-corrected chi connectivity index (χ1v) is 10.7. The van der Waals surface area contributed by atoms with E-state index in [2.05, 4.69) is 20.6 Å². The number of rotatable bonds is 8. The molecule has 7 heteroatoms. The normalized spacial score (nSPS) is 11.1. The SMILES string of the molecule is CC(C)NC(=O)COc1cc2ccccc2cc1C(=O)NCCc1nc2ccccc2[nH]1. The first kappa shape index (κ1) is 21.4. The van der Waals surface area contributed by atoms with Crippen LogP contribution in [0.25, 0.3) is 21.8 Å². The van der Waals surface area contributed by atoms with Crippen molar-refractivity contribution >= 4 is 33.6 Å². The van der Waals surface area contributed by atoms with Crippen LogP contribution >= 0.6 is 0 Å². The molecule has 0 unspecified atom stereocenters. The third-order valence-electron chi connectivity index (χ3n) is 4.99. The van der Waals surface area contributed by atoms with E-state index < -0.39 is 0 Å². The zero-order chi connectivity index (χ0) is 22.5. The van der Waals surface area contributed by atoms with Crippen LogP contribution in [-0.4, -0.2) is 41.0 Å². The van der Waals surface area contributed by atoms with Crippen molar-refractivity contribution < 1.29 is 14.3 Å². The van der Waals surface area contributed by atoms with E-state index in [1.165, 1.54) is 0 Å². The van der Waals surface area contributed by atoms with Crippen LogP contribution in [0.1, 0.15) is 30.0 Å². The fourth-order valence-electron chi connectivity index (χ4n) is 3.54. The molecule has 0 aliphatic carbocycles. The van der Waals surface area contributed by atoms with Gasteiger partial charge in [-0.3, -0.25) is 9.59 Å². The number of ether oxygens (including phenoxy) is 1. The molecule has 0 radical (unpaired) electrons. The fraction of sp³-hybridized carbons (Fsp3) is 0.240. The maximum atomic E-state index is 13.0. The largest absolute Gasteiger partial charge is 0.483 e. The zero-order valence-electron chi connectivity index (χ0n) is 18.1. The third kappa shape index (κ3) is 5.06. The summed E-state index contributed by atoms with van der Waals surface area (Å²) in [7, 11) is 0. The number of nitrogens with one attached hydrogen (secondary N) is 3. The Morgan fingerprint density at radius 3 is 2.50 bits per heavy atom. The van der Waals surface area contributed by atoms with Gasteiger partial charge in [0.05, 0.1) is 16.6 Å². The fourth-order valence-corrected chi connectivity index (χ4v) is 3.54. The molecule has 0 saturated carbocycles. The minimum atomic E-state index is -0.258. The molecule has 0 atom stereocenters. The quantitative estimate of drug-likeness (QED) is 0.398. The second-order valence-corrected chi connectivity index (χ2v) is 7.91. The average molecular weight is 431 g/mol. The maximum absolute atomic E-state index is 13.0. The summed E-state index contributed by atoms with van der Waals surface area (Å²) in [5, 5.41) is 7.59. The van der Waals surface area contributed by atoms with Gasteiger partial charge in [-0.15, -0.1) is 0 Å². The molecule has 0 saturated heterocycles. The maximum Gasteiger partial charge on any atom is 0.258 e. The van der Waals surface area contributed by atoms with Gasteiger partial charge in [-0.2, -0.15) is 0 Å². The number of H-pyrrole nitrogens is 1. The van der Waals surface area contributed by atoms with Gasteiger partial charge < -0.3 is 20.4 Å². The number of amides is 2. The minimum Gasteiger partial charge on any atom is -0.483 e. The van der Waals surface area contributed by atoms with Gasteiger partial charge in [0.1, 0.15) is 11.6 Å². The summed E-state index contributed by atoms with van der Waals surface area (Å²) in [6.07, 6.45) is 0.570. The van der Waals surface area contributed by atoms with Crippen molar-refractivity contribution in [2.75, 3.05) is 13.2 Å². The van der Waals surface area contributed by atoms with Gasteiger partial charge in [0, 0.05) is 19.0 Å². The lowest BCUT2D eigenvalue weighted by Crippen LogP contribution is -2.34. The number of imidazole rings is 1. The smallest absolute Gasteiger partial charge is 0.258 e. The number of carbonyl (C=O) groups is 2. The molecule has 3 aromatic carbocycles. The molecule has 0 bridgehead atoms. The molecule has 0 aliphatic heterocycles. The van der Waals surface area contributed by atoms with Crippen LogP contribution in [0.3, 0.4) is 0 Å². The predicted molar refractivity (Wildman–Crippen MR) is 125 cm³/mol.